The molecule has 5 heteroatoms. The van der Waals surface area contributed by atoms with E-state index in [0.717, 1.165) is 23.3 Å². The van der Waals surface area contributed by atoms with Gasteiger partial charge in [-0.15, -0.1) is 0 Å². The summed E-state index contributed by atoms with van der Waals surface area (Å²) in [6.07, 6.45) is -3.21. The summed E-state index contributed by atoms with van der Waals surface area (Å²) in [6, 6.07) is 9.73. The maximum atomic E-state index is 12.7. The van der Waals surface area contributed by atoms with Crippen molar-refractivity contribution in [2.24, 2.45) is 0 Å². The lowest BCUT2D eigenvalue weighted by atomic mass is 9.98. The second-order valence-corrected chi connectivity index (χ2v) is 5.29. The number of carbonyl (C=O) groups is 1. The maximum Gasteiger partial charge on any atom is 0.416 e. The van der Waals surface area contributed by atoms with E-state index < -0.39 is 17.7 Å². The fourth-order valence-corrected chi connectivity index (χ4v) is 2.15. The van der Waals surface area contributed by atoms with Gasteiger partial charge in [-0.25, -0.2) is 4.79 Å². The number of rotatable bonds is 3. The third kappa shape index (κ3) is 4.00. The Morgan fingerprint density at radius 3 is 2.30 bits per heavy atom. The molecule has 0 aliphatic rings. The van der Waals surface area contributed by atoms with Crippen LogP contribution in [0.25, 0.3) is 11.6 Å². The fraction of sp³-hybridized carbons (Fsp3) is 0.167. The zero-order valence-electron chi connectivity index (χ0n) is 12.6. The number of hydrogen-bond donors (Lipinski definition) is 1. The van der Waals surface area contributed by atoms with Gasteiger partial charge >= 0.3 is 12.1 Å². The van der Waals surface area contributed by atoms with Crippen molar-refractivity contribution in [2.75, 3.05) is 0 Å². The molecule has 2 aromatic rings. The van der Waals surface area contributed by atoms with Crippen LogP contribution in [-0.2, 0) is 11.0 Å². The number of carboxylic acids is 1. The molecule has 0 spiro atoms. The topological polar surface area (TPSA) is 37.3 Å². The van der Waals surface area contributed by atoms with Gasteiger partial charge in [0.2, 0.25) is 0 Å². The number of carboxylic acid groups (broad SMARTS) is 1. The molecule has 0 aliphatic carbocycles. The van der Waals surface area contributed by atoms with Gasteiger partial charge in [-0.3, -0.25) is 0 Å². The van der Waals surface area contributed by atoms with Crippen molar-refractivity contribution in [3.8, 4) is 0 Å². The standard InChI is InChI=1S/C18H15F3O2/c1-11-6-7-14(8-12(11)2)16(17(22)23)10-13-4-3-5-15(9-13)18(19,20)21/h3-10H,1-2H3,(H,22,23)/b16-10-. The molecule has 0 amide bonds. The van der Waals surface area contributed by atoms with Crippen LogP contribution < -0.4 is 0 Å². The van der Waals surface area contributed by atoms with Crippen LogP contribution in [0.5, 0.6) is 0 Å². The smallest absolute Gasteiger partial charge is 0.416 e. The van der Waals surface area contributed by atoms with E-state index in [4.69, 9.17) is 0 Å². The van der Waals surface area contributed by atoms with Crippen molar-refractivity contribution in [1.82, 2.24) is 0 Å². The molecule has 0 heterocycles. The van der Waals surface area contributed by atoms with Crippen LogP contribution in [0.3, 0.4) is 0 Å². The van der Waals surface area contributed by atoms with Gasteiger partial charge in [-0.1, -0.05) is 30.3 Å². The molecule has 0 saturated carbocycles. The average molecular weight is 320 g/mol. The van der Waals surface area contributed by atoms with Crippen molar-refractivity contribution < 1.29 is 23.1 Å². The summed E-state index contributed by atoms with van der Waals surface area (Å²) < 4.78 is 38.2. The Kier molecular flexibility index (Phi) is 4.59. The van der Waals surface area contributed by atoms with Crippen LogP contribution in [0.4, 0.5) is 13.2 Å². The number of alkyl halides is 3. The minimum Gasteiger partial charge on any atom is -0.478 e. The Balaban J connectivity index is 2.51. The molecule has 2 aromatic carbocycles. The van der Waals surface area contributed by atoms with E-state index in [0.29, 0.717) is 5.56 Å². The van der Waals surface area contributed by atoms with Gasteiger partial charge in [-0.2, -0.15) is 13.2 Å². The number of halogens is 3. The molecular formula is C18H15F3O2. The molecule has 0 aliphatic heterocycles. The Morgan fingerprint density at radius 2 is 1.74 bits per heavy atom. The summed E-state index contributed by atoms with van der Waals surface area (Å²) >= 11 is 0. The molecule has 23 heavy (non-hydrogen) atoms. The molecule has 0 aromatic heterocycles. The highest BCUT2D eigenvalue weighted by atomic mass is 19.4. The first-order chi connectivity index (χ1) is 10.7. The maximum absolute atomic E-state index is 12.7. The van der Waals surface area contributed by atoms with Gasteiger partial charge in [0, 0.05) is 0 Å². The summed E-state index contributed by atoms with van der Waals surface area (Å²) in [5, 5.41) is 9.39. The monoisotopic (exact) mass is 320 g/mol. The quantitative estimate of drug-likeness (QED) is 0.642. The van der Waals surface area contributed by atoms with E-state index in [1.807, 2.05) is 13.8 Å². The molecule has 2 nitrogen and oxygen atoms in total. The minimum atomic E-state index is -4.46. The molecule has 2 rings (SSSR count). The zero-order chi connectivity index (χ0) is 17.2. The number of hydrogen-bond acceptors (Lipinski definition) is 1. The first kappa shape index (κ1) is 16.8. The van der Waals surface area contributed by atoms with Gasteiger partial charge in [-0.05, 0) is 54.3 Å². The molecule has 0 unspecified atom stereocenters. The zero-order valence-corrected chi connectivity index (χ0v) is 12.6. The first-order valence-corrected chi connectivity index (χ1v) is 6.88. The lowest BCUT2D eigenvalue weighted by Gasteiger charge is -2.09. The average Bonchev–Trinajstić information content (AvgIpc) is 2.47. The number of benzene rings is 2. The van der Waals surface area contributed by atoms with Crippen LogP contribution in [0.2, 0.25) is 0 Å². The van der Waals surface area contributed by atoms with E-state index in [1.165, 1.54) is 18.2 Å². The second kappa shape index (κ2) is 6.28. The van der Waals surface area contributed by atoms with Gasteiger partial charge in [0.1, 0.15) is 0 Å². The highest BCUT2D eigenvalue weighted by molar-refractivity contribution is 6.20. The fourth-order valence-electron chi connectivity index (χ4n) is 2.15. The first-order valence-electron chi connectivity index (χ1n) is 6.88. The van der Waals surface area contributed by atoms with Crippen LogP contribution in [-0.4, -0.2) is 11.1 Å². The molecular weight excluding hydrogens is 305 g/mol. The predicted molar refractivity (Wildman–Crippen MR) is 82.9 cm³/mol. The lowest BCUT2D eigenvalue weighted by molar-refractivity contribution is -0.137. The van der Waals surface area contributed by atoms with E-state index in [-0.39, 0.29) is 11.1 Å². The third-order valence-electron chi connectivity index (χ3n) is 3.57. The van der Waals surface area contributed by atoms with Crippen LogP contribution in [0.1, 0.15) is 27.8 Å². The van der Waals surface area contributed by atoms with E-state index in [1.54, 1.807) is 18.2 Å². The molecule has 1 N–H and O–H groups in total. The molecule has 0 atom stereocenters. The lowest BCUT2D eigenvalue weighted by Crippen LogP contribution is -2.05. The second-order valence-electron chi connectivity index (χ2n) is 5.29. The number of aryl methyl sites for hydroxylation is 2. The van der Waals surface area contributed by atoms with Crippen LogP contribution >= 0.6 is 0 Å². The van der Waals surface area contributed by atoms with E-state index >= 15 is 0 Å². The minimum absolute atomic E-state index is 0.0487. The van der Waals surface area contributed by atoms with Gasteiger partial charge in [0.05, 0.1) is 11.1 Å². The Morgan fingerprint density at radius 1 is 1.04 bits per heavy atom. The van der Waals surface area contributed by atoms with Crippen molar-refractivity contribution in [3.63, 3.8) is 0 Å². The highest BCUT2D eigenvalue weighted by Crippen LogP contribution is 2.30. The third-order valence-corrected chi connectivity index (χ3v) is 3.57. The number of aliphatic carboxylic acids is 1. The molecule has 0 bridgehead atoms. The molecule has 0 saturated heterocycles. The summed E-state index contributed by atoms with van der Waals surface area (Å²) in [7, 11) is 0. The SMILES string of the molecule is Cc1ccc(/C(=C/c2cccc(C(F)(F)F)c2)C(=O)O)cc1C. The summed E-state index contributed by atoms with van der Waals surface area (Å²) in [4.78, 5) is 11.5. The molecule has 120 valence electrons. The van der Waals surface area contributed by atoms with Crippen molar-refractivity contribution >= 4 is 17.6 Å². The van der Waals surface area contributed by atoms with E-state index in [2.05, 4.69) is 0 Å². The van der Waals surface area contributed by atoms with Crippen molar-refractivity contribution in [3.05, 3.63) is 70.3 Å². The Bertz CT molecular complexity index is 774. The van der Waals surface area contributed by atoms with Crippen LogP contribution in [0.15, 0.2) is 42.5 Å². The summed E-state index contributed by atoms with van der Waals surface area (Å²) in [5.41, 5.74) is 1.72. The normalized spacial score (nSPS) is 12.3. The molecule has 0 radical (unpaired) electrons. The van der Waals surface area contributed by atoms with Gasteiger partial charge in [0.25, 0.3) is 0 Å². The van der Waals surface area contributed by atoms with E-state index in [9.17, 15) is 23.1 Å². The largest absolute Gasteiger partial charge is 0.478 e. The van der Waals surface area contributed by atoms with Crippen molar-refractivity contribution in [1.29, 1.82) is 0 Å². The van der Waals surface area contributed by atoms with Gasteiger partial charge < -0.3 is 5.11 Å². The Hall–Kier alpha value is -2.56. The van der Waals surface area contributed by atoms with Crippen molar-refractivity contribution in [2.45, 2.75) is 20.0 Å². The Labute approximate surface area is 131 Å². The summed E-state index contributed by atoms with van der Waals surface area (Å²) in [6.45, 7) is 3.75. The molecule has 0 fully saturated rings. The summed E-state index contributed by atoms with van der Waals surface area (Å²) in [5.74, 6) is -1.19. The predicted octanol–water partition coefficient (Wildman–Crippen LogP) is 4.95. The highest BCUT2D eigenvalue weighted by Gasteiger charge is 2.30. The van der Waals surface area contributed by atoms with Crippen LogP contribution in [0, 0.1) is 13.8 Å². The van der Waals surface area contributed by atoms with Gasteiger partial charge in [0.15, 0.2) is 0 Å².